The van der Waals surface area contributed by atoms with Crippen molar-refractivity contribution in [2.45, 2.75) is 31.8 Å². The first kappa shape index (κ1) is 18.8. The molecule has 0 spiro atoms. The van der Waals surface area contributed by atoms with Gasteiger partial charge < -0.3 is 10.4 Å². The van der Waals surface area contributed by atoms with Crippen molar-refractivity contribution < 1.29 is 9.90 Å². The highest BCUT2D eigenvalue weighted by molar-refractivity contribution is 7.10. The normalized spacial score (nSPS) is 14.0. The van der Waals surface area contributed by atoms with Crippen molar-refractivity contribution in [2.24, 2.45) is 0 Å². The number of nitrogens with one attached hydrogen (secondary N) is 1. The van der Waals surface area contributed by atoms with Crippen LogP contribution in [0.1, 0.15) is 47.1 Å². The molecule has 0 aliphatic carbocycles. The fourth-order valence-corrected chi connectivity index (χ4v) is 4.35. The number of aliphatic hydroxyl groups is 1. The van der Waals surface area contributed by atoms with Crippen LogP contribution in [0.15, 0.2) is 58.6 Å². The minimum Gasteiger partial charge on any atom is -0.378 e. The van der Waals surface area contributed by atoms with Crippen LogP contribution in [0.25, 0.3) is 0 Å². The summed E-state index contributed by atoms with van der Waals surface area (Å²) in [4.78, 5) is 13.4. The SMILES string of the molecule is CC(C)(C)c1ccc(C(=O)NCC(O)(c2ccsc2)c2cccs2)cc1. The molecule has 2 N–H and O–H groups in total. The summed E-state index contributed by atoms with van der Waals surface area (Å²) in [7, 11) is 0. The van der Waals surface area contributed by atoms with Crippen LogP contribution < -0.4 is 5.32 Å². The second-order valence-electron chi connectivity index (χ2n) is 7.36. The molecule has 0 fully saturated rings. The Morgan fingerprint density at radius 3 is 2.31 bits per heavy atom. The Labute approximate surface area is 162 Å². The summed E-state index contributed by atoms with van der Waals surface area (Å²) < 4.78 is 0. The minimum atomic E-state index is -1.21. The summed E-state index contributed by atoms with van der Waals surface area (Å²) >= 11 is 3.01. The van der Waals surface area contributed by atoms with Crippen molar-refractivity contribution in [3.8, 4) is 0 Å². The van der Waals surface area contributed by atoms with Crippen molar-refractivity contribution in [2.75, 3.05) is 6.54 Å². The molecule has 136 valence electrons. The zero-order valence-electron chi connectivity index (χ0n) is 15.2. The lowest BCUT2D eigenvalue weighted by atomic mass is 9.86. The minimum absolute atomic E-state index is 0.0490. The van der Waals surface area contributed by atoms with Crippen LogP contribution in [-0.4, -0.2) is 17.6 Å². The predicted molar refractivity (Wildman–Crippen MR) is 109 cm³/mol. The molecule has 0 saturated heterocycles. The summed E-state index contributed by atoms with van der Waals surface area (Å²) in [6.07, 6.45) is 0. The molecule has 1 atom stereocenters. The lowest BCUT2D eigenvalue weighted by Gasteiger charge is -2.27. The van der Waals surface area contributed by atoms with E-state index in [1.54, 1.807) is 0 Å². The third-order valence-corrected chi connectivity index (χ3v) is 6.15. The first-order valence-corrected chi connectivity index (χ1v) is 10.3. The lowest BCUT2D eigenvalue weighted by molar-refractivity contribution is 0.0721. The third kappa shape index (κ3) is 3.90. The Morgan fingerprint density at radius 1 is 1.04 bits per heavy atom. The van der Waals surface area contributed by atoms with E-state index in [1.807, 2.05) is 58.6 Å². The average Bonchev–Trinajstić information content (AvgIpc) is 3.32. The van der Waals surface area contributed by atoms with Gasteiger partial charge in [-0.2, -0.15) is 11.3 Å². The van der Waals surface area contributed by atoms with E-state index in [1.165, 1.54) is 28.2 Å². The summed E-state index contributed by atoms with van der Waals surface area (Å²) in [6, 6.07) is 13.3. The monoisotopic (exact) mass is 385 g/mol. The van der Waals surface area contributed by atoms with E-state index in [-0.39, 0.29) is 17.9 Å². The van der Waals surface area contributed by atoms with Gasteiger partial charge in [0.25, 0.3) is 5.91 Å². The Hall–Kier alpha value is -1.95. The van der Waals surface area contributed by atoms with Crippen molar-refractivity contribution in [3.63, 3.8) is 0 Å². The smallest absolute Gasteiger partial charge is 0.251 e. The van der Waals surface area contributed by atoms with Crippen LogP contribution in [0, 0.1) is 0 Å². The van der Waals surface area contributed by atoms with Crippen LogP contribution in [0.5, 0.6) is 0 Å². The molecule has 0 aliphatic heterocycles. The molecule has 0 bridgehead atoms. The Morgan fingerprint density at radius 2 is 1.77 bits per heavy atom. The second kappa shape index (κ2) is 7.35. The molecule has 0 aliphatic rings. The van der Waals surface area contributed by atoms with E-state index in [2.05, 4.69) is 26.1 Å². The lowest BCUT2D eigenvalue weighted by Crippen LogP contribution is -2.41. The number of carbonyl (C=O) groups excluding carboxylic acids is 1. The van der Waals surface area contributed by atoms with E-state index in [0.29, 0.717) is 5.56 Å². The van der Waals surface area contributed by atoms with Gasteiger partial charge >= 0.3 is 0 Å². The molecule has 2 aromatic heterocycles. The second-order valence-corrected chi connectivity index (χ2v) is 9.09. The molecule has 1 unspecified atom stereocenters. The van der Waals surface area contributed by atoms with Gasteiger partial charge in [0.15, 0.2) is 0 Å². The fourth-order valence-electron chi connectivity index (χ4n) is 2.78. The molecular weight excluding hydrogens is 362 g/mol. The van der Waals surface area contributed by atoms with Gasteiger partial charge in [0, 0.05) is 16.0 Å². The van der Waals surface area contributed by atoms with Crippen LogP contribution in [-0.2, 0) is 11.0 Å². The molecule has 2 heterocycles. The first-order valence-electron chi connectivity index (χ1n) is 8.48. The number of benzene rings is 1. The number of hydrogen-bond donors (Lipinski definition) is 2. The molecular formula is C21H23NO2S2. The maximum Gasteiger partial charge on any atom is 0.251 e. The van der Waals surface area contributed by atoms with Gasteiger partial charge in [-0.05, 0) is 51.4 Å². The Bertz CT molecular complexity index is 810. The molecule has 3 rings (SSSR count). The van der Waals surface area contributed by atoms with Gasteiger partial charge in [-0.25, -0.2) is 0 Å². The van der Waals surface area contributed by atoms with Crippen LogP contribution >= 0.6 is 22.7 Å². The summed E-state index contributed by atoms with van der Waals surface area (Å²) in [5.74, 6) is -0.185. The van der Waals surface area contributed by atoms with Gasteiger partial charge in [0.1, 0.15) is 5.60 Å². The molecule has 26 heavy (non-hydrogen) atoms. The summed E-state index contributed by atoms with van der Waals surface area (Å²) in [6.45, 7) is 6.56. The molecule has 3 aromatic rings. The summed E-state index contributed by atoms with van der Waals surface area (Å²) in [5, 5.41) is 20.0. The van der Waals surface area contributed by atoms with Gasteiger partial charge in [0.05, 0.1) is 6.54 Å². The number of hydrogen-bond acceptors (Lipinski definition) is 4. The van der Waals surface area contributed by atoms with Crippen LogP contribution in [0.4, 0.5) is 0 Å². The zero-order valence-corrected chi connectivity index (χ0v) is 16.8. The Kier molecular flexibility index (Phi) is 5.32. The Balaban J connectivity index is 1.76. The maximum absolute atomic E-state index is 12.6. The van der Waals surface area contributed by atoms with E-state index >= 15 is 0 Å². The third-order valence-electron chi connectivity index (χ3n) is 4.45. The number of carbonyl (C=O) groups is 1. The fraction of sp³-hybridized carbons (Fsp3) is 0.286. The van der Waals surface area contributed by atoms with Crippen LogP contribution in [0.3, 0.4) is 0 Å². The molecule has 5 heteroatoms. The molecule has 3 nitrogen and oxygen atoms in total. The highest BCUT2D eigenvalue weighted by Crippen LogP contribution is 2.33. The van der Waals surface area contributed by atoms with E-state index in [0.717, 1.165) is 10.4 Å². The largest absolute Gasteiger partial charge is 0.378 e. The van der Waals surface area contributed by atoms with Gasteiger partial charge in [0.2, 0.25) is 0 Å². The van der Waals surface area contributed by atoms with Crippen molar-refractivity contribution in [3.05, 3.63) is 80.2 Å². The molecule has 0 radical (unpaired) electrons. The highest BCUT2D eigenvalue weighted by Gasteiger charge is 2.33. The zero-order chi connectivity index (χ0) is 18.8. The van der Waals surface area contributed by atoms with E-state index in [9.17, 15) is 9.90 Å². The molecule has 0 saturated carbocycles. The van der Waals surface area contributed by atoms with Crippen molar-refractivity contribution in [1.82, 2.24) is 5.32 Å². The summed E-state index contributed by atoms with van der Waals surface area (Å²) in [5.41, 5.74) is 1.41. The quantitative estimate of drug-likeness (QED) is 0.664. The van der Waals surface area contributed by atoms with Crippen molar-refractivity contribution >= 4 is 28.6 Å². The predicted octanol–water partition coefficient (Wildman–Crippen LogP) is 4.77. The number of thiophene rings is 2. The van der Waals surface area contributed by atoms with E-state index < -0.39 is 5.60 Å². The standard InChI is InChI=1S/C21H23NO2S2/c1-20(2,3)16-8-6-15(7-9-16)19(23)22-14-21(24,17-10-12-25-13-17)18-5-4-11-26-18/h4-13,24H,14H2,1-3H3,(H,22,23). The first-order chi connectivity index (χ1) is 12.3. The maximum atomic E-state index is 12.6. The topological polar surface area (TPSA) is 49.3 Å². The number of rotatable bonds is 5. The molecule has 1 aromatic carbocycles. The van der Waals surface area contributed by atoms with Crippen LogP contribution in [0.2, 0.25) is 0 Å². The highest BCUT2D eigenvalue weighted by atomic mass is 32.1. The average molecular weight is 386 g/mol. The molecule has 1 amide bonds. The van der Waals surface area contributed by atoms with Gasteiger partial charge in [-0.3, -0.25) is 4.79 Å². The van der Waals surface area contributed by atoms with Crippen molar-refractivity contribution in [1.29, 1.82) is 0 Å². The number of amides is 1. The van der Waals surface area contributed by atoms with Gasteiger partial charge in [-0.15, -0.1) is 11.3 Å². The van der Waals surface area contributed by atoms with E-state index in [4.69, 9.17) is 0 Å². The van der Waals surface area contributed by atoms with Gasteiger partial charge in [-0.1, -0.05) is 39.0 Å².